The van der Waals surface area contributed by atoms with E-state index in [0.29, 0.717) is 5.92 Å². The fourth-order valence-corrected chi connectivity index (χ4v) is 6.91. The average molecular weight is 598 g/mol. The normalized spacial score (nSPS) is 12.1. The van der Waals surface area contributed by atoms with E-state index in [1.165, 1.54) is 27.8 Å². The van der Waals surface area contributed by atoms with Crippen molar-refractivity contribution in [3.8, 4) is 22.3 Å². The lowest BCUT2D eigenvalue weighted by Gasteiger charge is -2.32. The van der Waals surface area contributed by atoms with Gasteiger partial charge < -0.3 is 9.32 Å². The topological polar surface area (TPSA) is 16.4 Å². The number of furan rings is 1. The minimum atomic E-state index is 0.242. The molecule has 0 amide bonds. The smallest absolute Gasteiger partial charge is 0.137 e. The largest absolute Gasteiger partial charge is 0.456 e. The van der Waals surface area contributed by atoms with Gasteiger partial charge in [-0.1, -0.05) is 136 Å². The Balaban J connectivity index is 1.33. The van der Waals surface area contributed by atoms with Gasteiger partial charge >= 0.3 is 0 Å². The van der Waals surface area contributed by atoms with Gasteiger partial charge in [0.25, 0.3) is 0 Å². The van der Waals surface area contributed by atoms with Crippen molar-refractivity contribution in [2.75, 3.05) is 4.90 Å². The molecule has 6 aromatic carbocycles. The molecule has 226 valence electrons. The van der Waals surface area contributed by atoms with Crippen LogP contribution in [0.1, 0.15) is 38.2 Å². The second-order valence-electron chi connectivity index (χ2n) is 12.0. The second-order valence-corrected chi connectivity index (χ2v) is 12.0. The Morgan fingerprint density at radius 3 is 1.78 bits per heavy atom. The lowest BCUT2D eigenvalue weighted by molar-refractivity contribution is 0.447. The predicted molar refractivity (Wildman–Crippen MR) is 196 cm³/mol. The van der Waals surface area contributed by atoms with Crippen LogP contribution in [0, 0.1) is 5.92 Å². The monoisotopic (exact) mass is 597 g/mol. The van der Waals surface area contributed by atoms with Crippen molar-refractivity contribution >= 4 is 39.0 Å². The third-order valence-corrected chi connectivity index (χ3v) is 9.42. The summed E-state index contributed by atoms with van der Waals surface area (Å²) in [5, 5.41) is 2.27. The summed E-state index contributed by atoms with van der Waals surface area (Å²) >= 11 is 0. The van der Waals surface area contributed by atoms with Crippen LogP contribution in [0.2, 0.25) is 0 Å². The van der Waals surface area contributed by atoms with Gasteiger partial charge in [-0.15, -0.1) is 6.58 Å². The lowest BCUT2D eigenvalue weighted by atomic mass is 9.81. The third-order valence-electron chi connectivity index (χ3n) is 9.42. The molecular weight excluding hydrogens is 558 g/mol. The molecule has 0 saturated carbocycles. The first-order chi connectivity index (χ1) is 22.7. The molecule has 0 aliphatic carbocycles. The summed E-state index contributed by atoms with van der Waals surface area (Å²) in [4.78, 5) is 2.38. The number of rotatable bonds is 10. The fourth-order valence-electron chi connectivity index (χ4n) is 6.91. The number of allylic oxidation sites excluding steroid dienone is 1. The average Bonchev–Trinajstić information content (AvgIpc) is 3.50. The van der Waals surface area contributed by atoms with Crippen molar-refractivity contribution in [2.45, 2.75) is 32.6 Å². The van der Waals surface area contributed by atoms with Crippen molar-refractivity contribution in [3.63, 3.8) is 0 Å². The molecule has 1 heterocycles. The highest BCUT2D eigenvalue weighted by molar-refractivity contribution is 6.06. The minimum Gasteiger partial charge on any atom is -0.456 e. The van der Waals surface area contributed by atoms with Gasteiger partial charge in [-0.25, -0.2) is 0 Å². The number of fused-ring (bicyclic) bond motifs is 3. The van der Waals surface area contributed by atoms with Crippen LogP contribution in [0.25, 0.3) is 44.2 Å². The molecule has 0 saturated heterocycles. The summed E-state index contributed by atoms with van der Waals surface area (Å²) in [7, 11) is 0. The first kappa shape index (κ1) is 29.4. The SMILES string of the molecule is C=CC(c1ccccc1N(c1ccc(-c2ccc(-c3ccccc3)cc2)cc1)c1ccc2c(c1)oc1ccccc12)C(CC)CC. The minimum absolute atomic E-state index is 0.242. The van der Waals surface area contributed by atoms with Gasteiger partial charge in [0.15, 0.2) is 0 Å². The van der Waals surface area contributed by atoms with Crippen LogP contribution < -0.4 is 4.90 Å². The molecule has 0 fully saturated rings. The van der Waals surface area contributed by atoms with Gasteiger partial charge in [0, 0.05) is 39.8 Å². The standard InChI is InChI=1S/C44H39NO/c1-4-31(5-2)38(6-3)39-16-10-12-18-42(39)45(37-28-29-41-40-17-11-13-19-43(40)46-44(41)30-37)36-26-24-35(25-27-36)34-22-20-33(21-23-34)32-14-8-7-9-15-32/h6-31,38H,3-5H2,1-2H3. The van der Waals surface area contributed by atoms with Crippen LogP contribution >= 0.6 is 0 Å². The van der Waals surface area contributed by atoms with Crippen LogP contribution in [-0.4, -0.2) is 0 Å². The van der Waals surface area contributed by atoms with Crippen molar-refractivity contribution in [3.05, 3.63) is 164 Å². The van der Waals surface area contributed by atoms with E-state index in [1.807, 2.05) is 12.1 Å². The third kappa shape index (κ3) is 5.52. The van der Waals surface area contributed by atoms with Gasteiger partial charge in [0.1, 0.15) is 11.2 Å². The van der Waals surface area contributed by atoms with E-state index < -0.39 is 0 Å². The maximum absolute atomic E-state index is 6.36. The molecule has 1 aromatic heterocycles. The van der Waals surface area contributed by atoms with E-state index in [9.17, 15) is 0 Å². The van der Waals surface area contributed by atoms with Crippen molar-refractivity contribution < 1.29 is 4.42 Å². The van der Waals surface area contributed by atoms with Crippen LogP contribution in [0.4, 0.5) is 17.1 Å². The predicted octanol–water partition coefficient (Wildman–Crippen LogP) is 13.1. The maximum Gasteiger partial charge on any atom is 0.137 e. The van der Waals surface area contributed by atoms with Gasteiger partial charge in [-0.05, 0) is 70.1 Å². The van der Waals surface area contributed by atoms with E-state index in [1.54, 1.807) is 0 Å². The Kier molecular flexibility index (Phi) is 8.27. The summed E-state index contributed by atoms with van der Waals surface area (Å²) in [6, 6.07) is 52.0. The molecule has 1 unspecified atom stereocenters. The zero-order chi connectivity index (χ0) is 31.5. The zero-order valence-corrected chi connectivity index (χ0v) is 26.6. The number of benzene rings is 6. The molecule has 0 spiro atoms. The molecule has 0 bridgehead atoms. The van der Waals surface area contributed by atoms with Gasteiger partial charge in [0.2, 0.25) is 0 Å². The highest BCUT2D eigenvalue weighted by atomic mass is 16.3. The molecule has 0 aliphatic rings. The number of anilines is 3. The molecule has 46 heavy (non-hydrogen) atoms. The molecule has 2 nitrogen and oxygen atoms in total. The van der Waals surface area contributed by atoms with E-state index in [2.05, 4.69) is 165 Å². The summed E-state index contributed by atoms with van der Waals surface area (Å²) in [5.41, 5.74) is 11.2. The van der Waals surface area contributed by atoms with Gasteiger partial charge in [-0.2, -0.15) is 0 Å². The molecule has 2 heteroatoms. The van der Waals surface area contributed by atoms with E-state index in [0.717, 1.165) is 51.8 Å². The molecule has 7 rings (SSSR count). The Labute approximate surface area is 272 Å². The van der Waals surface area contributed by atoms with Crippen LogP contribution in [0.3, 0.4) is 0 Å². The maximum atomic E-state index is 6.36. The number of hydrogen-bond donors (Lipinski definition) is 0. The number of para-hydroxylation sites is 2. The molecule has 0 N–H and O–H groups in total. The second kappa shape index (κ2) is 12.9. The lowest BCUT2D eigenvalue weighted by Crippen LogP contribution is -2.16. The summed E-state index contributed by atoms with van der Waals surface area (Å²) < 4.78 is 6.36. The van der Waals surface area contributed by atoms with E-state index >= 15 is 0 Å². The first-order valence-corrected chi connectivity index (χ1v) is 16.4. The molecule has 1 atom stereocenters. The number of nitrogens with zero attached hydrogens (tertiary/aromatic N) is 1. The van der Waals surface area contributed by atoms with Gasteiger partial charge in [-0.3, -0.25) is 0 Å². The molecule has 7 aromatic rings. The Bertz CT molecular complexity index is 2080. The van der Waals surface area contributed by atoms with E-state index in [4.69, 9.17) is 4.42 Å². The Morgan fingerprint density at radius 2 is 1.11 bits per heavy atom. The van der Waals surface area contributed by atoms with Gasteiger partial charge in [0.05, 0.1) is 0 Å². The Hall–Kier alpha value is -5.34. The van der Waals surface area contributed by atoms with Crippen molar-refractivity contribution in [1.82, 2.24) is 0 Å². The van der Waals surface area contributed by atoms with Crippen molar-refractivity contribution in [2.24, 2.45) is 5.92 Å². The quantitative estimate of drug-likeness (QED) is 0.146. The summed E-state index contributed by atoms with van der Waals surface area (Å²) in [6.07, 6.45) is 4.34. The van der Waals surface area contributed by atoms with Crippen molar-refractivity contribution in [1.29, 1.82) is 0 Å². The fraction of sp³-hybridized carbons (Fsp3) is 0.136. The van der Waals surface area contributed by atoms with Crippen LogP contribution in [0.15, 0.2) is 163 Å². The highest BCUT2D eigenvalue weighted by Crippen LogP contribution is 2.44. The molecule has 0 radical (unpaired) electrons. The first-order valence-electron chi connectivity index (χ1n) is 16.4. The zero-order valence-electron chi connectivity index (χ0n) is 26.6. The molecule has 0 aliphatic heterocycles. The summed E-state index contributed by atoms with van der Waals surface area (Å²) in [6.45, 7) is 8.87. The van der Waals surface area contributed by atoms with Crippen LogP contribution in [-0.2, 0) is 0 Å². The highest BCUT2D eigenvalue weighted by Gasteiger charge is 2.24. The van der Waals surface area contributed by atoms with Crippen LogP contribution in [0.5, 0.6) is 0 Å². The molecular formula is C44H39NO. The summed E-state index contributed by atoms with van der Waals surface area (Å²) in [5.74, 6) is 0.755. The number of hydrogen-bond acceptors (Lipinski definition) is 2. The van der Waals surface area contributed by atoms with E-state index in [-0.39, 0.29) is 5.92 Å². The Morgan fingerprint density at radius 1 is 0.565 bits per heavy atom.